The number of hydrogen-bond acceptors (Lipinski definition) is 8. The first-order valence-electron chi connectivity index (χ1n) is 26.9. The highest BCUT2D eigenvalue weighted by Crippen LogP contribution is 2.49. The number of aryl methyl sites for hydroxylation is 2. The minimum atomic E-state index is 0.0187. The molecule has 0 spiro atoms. The second-order valence-corrected chi connectivity index (χ2v) is 24.8. The first kappa shape index (κ1) is 52.5. The summed E-state index contributed by atoms with van der Waals surface area (Å²) in [7, 11) is 0. The van der Waals surface area contributed by atoms with Crippen molar-refractivity contribution in [2.24, 2.45) is 23.7 Å². The molecule has 0 N–H and O–H groups in total. The van der Waals surface area contributed by atoms with E-state index in [-0.39, 0.29) is 10.9 Å². The number of nitrogens with zero attached hydrogens (tertiary/aromatic N) is 2. The van der Waals surface area contributed by atoms with Gasteiger partial charge in [-0.3, -0.25) is 9.59 Å². The summed E-state index contributed by atoms with van der Waals surface area (Å²) in [5.41, 5.74) is 7.25. The first-order chi connectivity index (χ1) is 33.0. The van der Waals surface area contributed by atoms with E-state index >= 15 is 9.59 Å². The molecule has 0 saturated carbocycles. The van der Waals surface area contributed by atoms with Crippen LogP contribution >= 0.6 is 45.3 Å². The molecule has 7 rings (SSSR count). The standard InChI is InChI=1S/C60H80N2O2S4/c1-11-19-23-39(15-5)31-43-35-51(65-37(43)9)47-27-29-49(67-47)53-55-58(62-45(59(55)63)33-41(17-7)25-21-13-3)54(56-57(53)61-46(60(56)64)34-42(18-8)26-22-14-4)50-30-28-48(68-50)52-36-44(38(10)66-52)32-40(16-6)24-20-12-2/h27-30,35-36,39-42H,11-26,31-34H2,1-10H3. The molecule has 6 aromatic heterocycles. The second kappa shape index (κ2) is 24.7. The van der Waals surface area contributed by atoms with Gasteiger partial charge >= 0.3 is 0 Å². The lowest BCUT2D eigenvalue weighted by molar-refractivity contribution is 0.445. The van der Waals surface area contributed by atoms with Crippen molar-refractivity contribution >= 4 is 67.2 Å². The molecule has 0 aliphatic rings. The smallest absolute Gasteiger partial charge is 0.210 e. The Hall–Kier alpha value is -3.30. The van der Waals surface area contributed by atoms with Crippen LogP contribution in [-0.2, 0) is 25.7 Å². The third kappa shape index (κ3) is 11.7. The highest BCUT2D eigenvalue weighted by Gasteiger charge is 2.31. The maximum atomic E-state index is 15.3. The van der Waals surface area contributed by atoms with E-state index in [1.807, 2.05) is 22.7 Å². The van der Waals surface area contributed by atoms with E-state index in [0.717, 1.165) is 85.1 Å². The summed E-state index contributed by atoms with van der Waals surface area (Å²) in [4.78, 5) is 51.3. The van der Waals surface area contributed by atoms with Crippen molar-refractivity contribution in [2.45, 2.75) is 198 Å². The summed E-state index contributed by atoms with van der Waals surface area (Å²) < 4.78 is 0. The molecule has 8 heteroatoms. The number of fused-ring (bicyclic) bond motifs is 2. The molecule has 4 atom stereocenters. The molecule has 1 aromatic carbocycles. The first-order valence-corrected chi connectivity index (χ1v) is 30.1. The monoisotopic (exact) mass is 989 g/mol. The van der Waals surface area contributed by atoms with Gasteiger partial charge < -0.3 is 0 Å². The molecule has 6 heterocycles. The van der Waals surface area contributed by atoms with Gasteiger partial charge in [0.05, 0.1) is 33.2 Å². The molecule has 0 amide bonds. The van der Waals surface area contributed by atoms with Crippen LogP contribution in [0.5, 0.6) is 0 Å². The zero-order valence-electron chi connectivity index (χ0n) is 43.3. The summed E-state index contributed by atoms with van der Waals surface area (Å²) in [6.07, 6.45) is 22.3. The molecule has 366 valence electrons. The molecule has 4 nitrogen and oxygen atoms in total. The Morgan fingerprint density at radius 1 is 0.426 bits per heavy atom. The molecule has 0 aliphatic heterocycles. The van der Waals surface area contributed by atoms with Crippen LogP contribution in [0.15, 0.2) is 46.0 Å². The van der Waals surface area contributed by atoms with Crippen molar-refractivity contribution in [3.05, 3.63) is 89.1 Å². The SMILES string of the molecule is CCCCC(CC)Cc1cc(-c2ccc(-c3c4nc(CC(CC)CCCC)c(=O)c4c(-c4ccc(-c5cc(CC(CC)CCCC)c(C)s5)s4)c4nc(CC(CC)CCCC)c(=O)c34)s2)sc1C. The third-order valence-corrected chi connectivity index (χ3v) is 20.1. The number of thiophene rings is 4. The van der Waals surface area contributed by atoms with E-state index in [9.17, 15) is 0 Å². The lowest BCUT2D eigenvalue weighted by Gasteiger charge is -2.13. The van der Waals surface area contributed by atoms with Gasteiger partial charge in [0.1, 0.15) is 0 Å². The topological polar surface area (TPSA) is 59.9 Å². The van der Waals surface area contributed by atoms with Crippen molar-refractivity contribution in [1.82, 2.24) is 9.97 Å². The van der Waals surface area contributed by atoms with Gasteiger partial charge in [0.25, 0.3) is 0 Å². The van der Waals surface area contributed by atoms with Crippen molar-refractivity contribution < 1.29 is 0 Å². The van der Waals surface area contributed by atoms with Crippen molar-refractivity contribution in [1.29, 1.82) is 0 Å². The molecule has 4 unspecified atom stereocenters. The third-order valence-electron chi connectivity index (χ3n) is 15.3. The van der Waals surface area contributed by atoms with Crippen LogP contribution in [0.4, 0.5) is 0 Å². The number of unbranched alkanes of at least 4 members (excludes halogenated alkanes) is 4. The second-order valence-electron chi connectivity index (χ2n) is 20.2. The van der Waals surface area contributed by atoms with Gasteiger partial charge in [-0.05, 0) is 111 Å². The molecule has 0 radical (unpaired) electrons. The fourth-order valence-corrected chi connectivity index (χ4v) is 15.0. The van der Waals surface area contributed by atoms with Crippen molar-refractivity contribution in [3.63, 3.8) is 0 Å². The molecule has 0 aliphatic carbocycles. The van der Waals surface area contributed by atoms with E-state index in [4.69, 9.17) is 9.97 Å². The lowest BCUT2D eigenvalue weighted by atomic mass is 9.92. The van der Waals surface area contributed by atoms with Gasteiger partial charge in [-0.25, -0.2) is 9.97 Å². The quantitative estimate of drug-likeness (QED) is 0.0491. The summed E-state index contributed by atoms with van der Waals surface area (Å²) in [5, 5.41) is 1.30. The number of hydrogen-bond donors (Lipinski definition) is 0. The average Bonchev–Trinajstić information content (AvgIpc) is 4.23. The predicted molar refractivity (Wildman–Crippen MR) is 303 cm³/mol. The Kier molecular flexibility index (Phi) is 19.1. The summed E-state index contributed by atoms with van der Waals surface area (Å²) in [6.45, 7) is 22.8. The van der Waals surface area contributed by atoms with E-state index in [0.29, 0.717) is 69.7 Å². The molecule has 0 fully saturated rings. The minimum absolute atomic E-state index is 0.0187. The van der Waals surface area contributed by atoms with Crippen LogP contribution in [0, 0.1) is 37.5 Å². The van der Waals surface area contributed by atoms with Gasteiger partial charge in [-0.2, -0.15) is 0 Å². The van der Waals surface area contributed by atoms with Crippen molar-refractivity contribution in [3.8, 4) is 40.4 Å². The van der Waals surface area contributed by atoms with Crippen LogP contribution in [0.25, 0.3) is 62.2 Å². The van der Waals surface area contributed by atoms with Gasteiger partial charge in [-0.15, -0.1) is 45.3 Å². The van der Waals surface area contributed by atoms with Gasteiger partial charge in [0.2, 0.25) is 10.9 Å². The minimum Gasteiger partial charge on any atom is -0.287 e. The highest BCUT2D eigenvalue weighted by atomic mass is 32.1. The lowest BCUT2D eigenvalue weighted by Crippen LogP contribution is -2.11. The van der Waals surface area contributed by atoms with Crippen molar-refractivity contribution in [2.75, 3.05) is 0 Å². The van der Waals surface area contributed by atoms with Crippen LogP contribution in [0.1, 0.15) is 190 Å². The number of aromatic nitrogens is 2. The van der Waals surface area contributed by atoms with Gasteiger partial charge in [0.15, 0.2) is 0 Å². The zero-order valence-corrected chi connectivity index (χ0v) is 46.5. The van der Waals surface area contributed by atoms with E-state index in [2.05, 4.69) is 106 Å². The summed E-state index contributed by atoms with van der Waals surface area (Å²) in [5.74, 6) is 2.16. The van der Waals surface area contributed by atoms with E-state index < -0.39 is 0 Å². The molecule has 0 saturated heterocycles. The highest BCUT2D eigenvalue weighted by molar-refractivity contribution is 7.24. The molecule has 0 bridgehead atoms. The van der Waals surface area contributed by atoms with E-state index in [1.54, 1.807) is 22.7 Å². The average molecular weight is 990 g/mol. The van der Waals surface area contributed by atoms with Crippen LogP contribution in [0.2, 0.25) is 0 Å². The summed E-state index contributed by atoms with van der Waals surface area (Å²) in [6, 6.07) is 13.7. The maximum absolute atomic E-state index is 15.3. The predicted octanol–water partition coefficient (Wildman–Crippen LogP) is 18.9. The Morgan fingerprint density at radius 3 is 1.07 bits per heavy atom. The number of rotatable bonds is 28. The maximum Gasteiger partial charge on any atom is 0.210 e. The molecule has 7 aromatic rings. The summed E-state index contributed by atoms with van der Waals surface area (Å²) >= 11 is 7.26. The fourth-order valence-electron chi connectivity index (χ4n) is 10.6. The normalized spacial score (nSPS) is 13.9. The zero-order chi connectivity index (χ0) is 48.5. The number of benzene rings is 1. The van der Waals surface area contributed by atoms with Crippen LogP contribution in [-0.4, -0.2) is 9.97 Å². The van der Waals surface area contributed by atoms with Gasteiger partial charge in [-0.1, -0.05) is 158 Å². The Labute approximate surface area is 425 Å². The molecule has 68 heavy (non-hydrogen) atoms. The van der Waals surface area contributed by atoms with Crippen LogP contribution in [0.3, 0.4) is 0 Å². The van der Waals surface area contributed by atoms with E-state index in [1.165, 1.54) is 91.8 Å². The van der Waals surface area contributed by atoms with Gasteiger partial charge in [0, 0.05) is 50.1 Å². The largest absolute Gasteiger partial charge is 0.287 e. The molecular formula is C60H80N2O2S4. The Bertz CT molecular complexity index is 2620. The van der Waals surface area contributed by atoms with Crippen LogP contribution < -0.4 is 10.9 Å². The Morgan fingerprint density at radius 2 is 0.750 bits per heavy atom. The molecular weight excluding hydrogens is 909 g/mol. The Balaban J connectivity index is 1.43. The fraction of sp³-hybridized carbons (Fsp3) is 0.567.